The van der Waals surface area contributed by atoms with E-state index in [4.69, 9.17) is 4.74 Å². The molecule has 0 aliphatic heterocycles. The molecule has 26 heavy (non-hydrogen) atoms. The fraction of sp³-hybridized carbons (Fsp3) is 0.300. The van der Waals surface area contributed by atoms with Crippen LogP contribution in [0.25, 0.3) is 0 Å². The maximum atomic E-state index is 12.6. The lowest BCUT2D eigenvalue weighted by Crippen LogP contribution is -2.27. The number of hydrogen-bond donors (Lipinski definition) is 1. The molecule has 0 aromatic heterocycles. The molecule has 2 aromatic carbocycles. The minimum atomic E-state index is -1.59. The number of carboxylic acids is 1. The Labute approximate surface area is 155 Å². The lowest BCUT2D eigenvalue weighted by molar-refractivity contribution is -0.136. The van der Waals surface area contributed by atoms with Crippen LogP contribution in [0.15, 0.2) is 54.6 Å². The van der Waals surface area contributed by atoms with Crippen molar-refractivity contribution in [1.29, 1.82) is 0 Å². The molecule has 1 N–H and O–H groups in total. The Bertz CT molecular complexity index is 773. The van der Waals surface area contributed by atoms with Crippen molar-refractivity contribution in [2.75, 3.05) is 6.61 Å². The predicted molar refractivity (Wildman–Crippen MR) is 100 cm³/mol. The van der Waals surface area contributed by atoms with Gasteiger partial charge in [0.2, 0.25) is 0 Å². The van der Waals surface area contributed by atoms with Crippen LogP contribution in [-0.4, -0.2) is 33.1 Å². The summed E-state index contributed by atoms with van der Waals surface area (Å²) in [6.07, 6.45) is 0.843. The minimum Gasteiger partial charge on any atom is -0.480 e. The molecule has 0 bridgehead atoms. The van der Waals surface area contributed by atoms with E-state index in [1.807, 2.05) is 30.3 Å². The first kappa shape index (κ1) is 19.8. The van der Waals surface area contributed by atoms with Gasteiger partial charge in [0.1, 0.15) is 5.25 Å². The highest BCUT2D eigenvalue weighted by Crippen LogP contribution is 2.15. The Morgan fingerprint density at radius 1 is 1.08 bits per heavy atom. The van der Waals surface area contributed by atoms with Gasteiger partial charge in [-0.15, -0.1) is 0 Å². The summed E-state index contributed by atoms with van der Waals surface area (Å²) in [7, 11) is -1.59. The lowest BCUT2D eigenvalue weighted by Gasteiger charge is -2.13. The molecule has 2 atom stereocenters. The number of ether oxygens (including phenoxy) is 1. The molecule has 0 saturated carbocycles. The minimum absolute atomic E-state index is 0.0823. The van der Waals surface area contributed by atoms with Gasteiger partial charge < -0.3 is 9.84 Å². The number of esters is 1. The van der Waals surface area contributed by atoms with Gasteiger partial charge in [0, 0.05) is 16.6 Å². The second-order valence-electron chi connectivity index (χ2n) is 5.80. The Morgan fingerprint density at radius 3 is 2.42 bits per heavy atom. The van der Waals surface area contributed by atoms with E-state index in [9.17, 15) is 18.9 Å². The summed E-state index contributed by atoms with van der Waals surface area (Å²) in [5.41, 5.74) is 2.04. The van der Waals surface area contributed by atoms with Crippen molar-refractivity contribution < 1.29 is 23.6 Å². The molecule has 2 rings (SSSR count). The lowest BCUT2D eigenvalue weighted by atomic mass is 10.1. The molecule has 0 amide bonds. The van der Waals surface area contributed by atoms with E-state index in [0.29, 0.717) is 24.0 Å². The molecule has 0 aliphatic rings. The van der Waals surface area contributed by atoms with Gasteiger partial charge in [-0.05, 0) is 43.0 Å². The first-order valence-electron chi connectivity index (χ1n) is 8.41. The molecule has 0 heterocycles. The zero-order chi connectivity index (χ0) is 18.9. The molecule has 0 spiro atoms. The van der Waals surface area contributed by atoms with Crippen molar-refractivity contribution >= 4 is 22.7 Å². The maximum absolute atomic E-state index is 12.6. The fourth-order valence-electron chi connectivity index (χ4n) is 2.58. The van der Waals surface area contributed by atoms with Gasteiger partial charge in [-0.2, -0.15) is 0 Å². The molecular formula is C20H22O5S. The van der Waals surface area contributed by atoms with Crippen LogP contribution in [0, 0.1) is 0 Å². The zero-order valence-corrected chi connectivity index (χ0v) is 15.4. The number of benzene rings is 2. The van der Waals surface area contributed by atoms with Crippen LogP contribution in [0.2, 0.25) is 0 Å². The Kier molecular flexibility index (Phi) is 7.53. The topological polar surface area (TPSA) is 80.7 Å². The van der Waals surface area contributed by atoms with E-state index in [1.54, 1.807) is 31.2 Å². The third-order valence-corrected chi connectivity index (χ3v) is 5.57. The first-order chi connectivity index (χ1) is 12.5. The standard InChI is InChI=1S/C20H22O5S/c1-2-25-20(23)17-10-6-9-16(13-17)14-26(24)18(19(21)22)12-11-15-7-4-3-5-8-15/h3-10,13,18H,2,11-12,14H2,1H3,(H,21,22). The molecule has 0 aliphatic carbocycles. The number of carboxylic acid groups (broad SMARTS) is 1. The summed E-state index contributed by atoms with van der Waals surface area (Å²) in [6.45, 7) is 2.00. The molecule has 5 nitrogen and oxygen atoms in total. The molecule has 2 aromatic rings. The average Bonchev–Trinajstić information content (AvgIpc) is 2.63. The normalized spacial score (nSPS) is 13.0. The van der Waals surface area contributed by atoms with E-state index in [-0.39, 0.29) is 12.4 Å². The maximum Gasteiger partial charge on any atom is 0.338 e. The molecule has 138 valence electrons. The Balaban J connectivity index is 2.04. The van der Waals surface area contributed by atoms with Crippen molar-refractivity contribution in [3.8, 4) is 0 Å². The number of hydrogen-bond acceptors (Lipinski definition) is 4. The highest BCUT2D eigenvalue weighted by molar-refractivity contribution is 7.85. The van der Waals surface area contributed by atoms with E-state index in [0.717, 1.165) is 5.56 Å². The quantitative estimate of drug-likeness (QED) is 0.682. The zero-order valence-electron chi connectivity index (χ0n) is 14.6. The Morgan fingerprint density at radius 2 is 1.77 bits per heavy atom. The summed E-state index contributed by atoms with van der Waals surface area (Å²) < 4.78 is 17.5. The SMILES string of the molecule is CCOC(=O)c1cccc(CS(=O)C(CCc2ccccc2)C(=O)O)c1. The molecular weight excluding hydrogens is 352 g/mol. The van der Waals surface area contributed by atoms with Crippen LogP contribution in [0.4, 0.5) is 0 Å². The van der Waals surface area contributed by atoms with Crippen molar-refractivity contribution in [1.82, 2.24) is 0 Å². The van der Waals surface area contributed by atoms with Gasteiger partial charge >= 0.3 is 11.9 Å². The molecule has 6 heteroatoms. The number of rotatable bonds is 9. The Hall–Kier alpha value is -2.47. The summed E-state index contributed by atoms with van der Waals surface area (Å²) >= 11 is 0. The third-order valence-electron chi connectivity index (χ3n) is 3.88. The second-order valence-corrected chi connectivity index (χ2v) is 7.42. The molecule has 0 radical (unpaired) electrons. The summed E-state index contributed by atoms with van der Waals surface area (Å²) in [5, 5.41) is 8.49. The smallest absolute Gasteiger partial charge is 0.338 e. The van der Waals surface area contributed by atoms with Crippen LogP contribution >= 0.6 is 0 Å². The van der Waals surface area contributed by atoms with Gasteiger partial charge in [0.05, 0.1) is 12.2 Å². The van der Waals surface area contributed by atoms with E-state index >= 15 is 0 Å². The first-order valence-corrected chi connectivity index (χ1v) is 9.79. The molecule has 0 fully saturated rings. The van der Waals surface area contributed by atoms with Crippen LogP contribution in [0.5, 0.6) is 0 Å². The average molecular weight is 374 g/mol. The van der Waals surface area contributed by atoms with E-state index in [1.165, 1.54) is 0 Å². The van der Waals surface area contributed by atoms with Gasteiger partial charge in [0.15, 0.2) is 0 Å². The summed E-state index contributed by atoms with van der Waals surface area (Å²) in [5.74, 6) is -1.43. The predicted octanol–water partition coefficient (Wildman–Crippen LogP) is 3.20. The fourth-order valence-corrected chi connectivity index (χ4v) is 3.89. The van der Waals surface area contributed by atoms with Crippen LogP contribution < -0.4 is 0 Å². The van der Waals surface area contributed by atoms with Crippen molar-refractivity contribution in [2.24, 2.45) is 0 Å². The molecule has 2 unspecified atom stereocenters. The van der Waals surface area contributed by atoms with E-state index in [2.05, 4.69) is 0 Å². The van der Waals surface area contributed by atoms with Gasteiger partial charge in [-0.3, -0.25) is 9.00 Å². The van der Waals surface area contributed by atoms with Crippen LogP contribution in [0.3, 0.4) is 0 Å². The summed E-state index contributed by atoms with van der Waals surface area (Å²) in [6, 6.07) is 16.2. The van der Waals surface area contributed by atoms with Gasteiger partial charge in [-0.1, -0.05) is 42.5 Å². The monoisotopic (exact) mass is 374 g/mol. The summed E-state index contributed by atoms with van der Waals surface area (Å²) in [4.78, 5) is 23.3. The number of carbonyl (C=O) groups is 2. The third kappa shape index (κ3) is 5.81. The number of aryl methyl sites for hydroxylation is 1. The number of carbonyl (C=O) groups excluding carboxylic acids is 1. The second kappa shape index (κ2) is 9.87. The highest BCUT2D eigenvalue weighted by Gasteiger charge is 2.24. The highest BCUT2D eigenvalue weighted by atomic mass is 32.2. The van der Waals surface area contributed by atoms with Crippen LogP contribution in [-0.2, 0) is 32.5 Å². The van der Waals surface area contributed by atoms with Crippen molar-refractivity contribution in [3.05, 3.63) is 71.3 Å². The molecule has 0 saturated heterocycles. The van der Waals surface area contributed by atoms with Gasteiger partial charge in [-0.25, -0.2) is 4.79 Å². The van der Waals surface area contributed by atoms with Crippen LogP contribution in [0.1, 0.15) is 34.8 Å². The van der Waals surface area contributed by atoms with E-state index < -0.39 is 28.0 Å². The van der Waals surface area contributed by atoms with Crippen molar-refractivity contribution in [2.45, 2.75) is 30.8 Å². The van der Waals surface area contributed by atoms with Gasteiger partial charge in [0.25, 0.3) is 0 Å². The largest absolute Gasteiger partial charge is 0.480 e. The number of aliphatic carboxylic acids is 1. The van der Waals surface area contributed by atoms with Crippen molar-refractivity contribution in [3.63, 3.8) is 0 Å².